The lowest BCUT2D eigenvalue weighted by Crippen LogP contribution is -2.27. The lowest BCUT2D eigenvalue weighted by atomic mass is 10.1. The average molecular weight is 434 g/mol. The van der Waals surface area contributed by atoms with Gasteiger partial charge in [-0.1, -0.05) is 6.08 Å². The summed E-state index contributed by atoms with van der Waals surface area (Å²) in [5.74, 6) is 0.496. The molecule has 142 valence electrons. The average Bonchev–Trinajstić information content (AvgIpc) is 2.66. The molecule has 0 aliphatic heterocycles. The molecule has 0 aromatic heterocycles. The number of amides is 1. The van der Waals surface area contributed by atoms with Gasteiger partial charge in [-0.25, -0.2) is 0 Å². The molecule has 27 heavy (non-hydrogen) atoms. The van der Waals surface area contributed by atoms with Crippen molar-refractivity contribution in [2.75, 3.05) is 27.8 Å². The maximum Gasteiger partial charge on any atom is 0.259 e. The summed E-state index contributed by atoms with van der Waals surface area (Å²) in [6, 6.07) is 9.86. The number of hydrogen-bond donors (Lipinski definition) is 1. The Balaban J connectivity index is 2.05. The first-order chi connectivity index (χ1) is 12.8. The van der Waals surface area contributed by atoms with Gasteiger partial charge in [0, 0.05) is 19.7 Å². The fourth-order valence-corrected chi connectivity index (χ4v) is 2.56. The van der Waals surface area contributed by atoms with Crippen molar-refractivity contribution in [2.24, 2.45) is 0 Å². The van der Waals surface area contributed by atoms with Crippen molar-refractivity contribution >= 4 is 33.7 Å². The minimum Gasteiger partial charge on any atom is -0.503 e. The Hall–Kier alpha value is -2.80. The second-order valence-corrected chi connectivity index (χ2v) is 6.71. The van der Waals surface area contributed by atoms with E-state index in [1.165, 1.54) is 18.1 Å². The minimum atomic E-state index is -0.186. The maximum absolute atomic E-state index is 12.3. The van der Waals surface area contributed by atoms with Crippen molar-refractivity contribution < 1.29 is 24.2 Å². The van der Waals surface area contributed by atoms with Gasteiger partial charge >= 0.3 is 0 Å². The molecule has 0 unspecified atom stereocenters. The molecule has 0 saturated carbocycles. The second-order valence-electron chi connectivity index (χ2n) is 5.85. The monoisotopic (exact) mass is 433 g/mol. The molecular formula is C20H20BrNO5. The number of phenolic OH excluding ortho intramolecular Hbond substituents is 1. The SMILES string of the molecule is COc1cc(C=CC(=O)c2ccc(OCC(=O)N(C)C)cc2)cc(Br)c1O. The summed E-state index contributed by atoms with van der Waals surface area (Å²) in [6.45, 7) is -0.0578. The molecule has 1 amide bonds. The van der Waals surface area contributed by atoms with Gasteiger partial charge in [0.15, 0.2) is 23.9 Å². The summed E-state index contributed by atoms with van der Waals surface area (Å²) in [5, 5.41) is 9.81. The van der Waals surface area contributed by atoms with E-state index in [0.29, 0.717) is 27.1 Å². The minimum absolute atomic E-state index is 0.00399. The van der Waals surface area contributed by atoms with Crippen LogP contribution >= 0.6 is 15.9 Å². The van der Waals surface area contributed by atoms with Crippen LogP contribution in [-0.2, 0) is 4.79 Å². The van der Waals surface area contributed by atoms with Crippen molar-refractivity contribution in [1.82, 2.24) is 4.90 Å². The van der Waals surface area contributed by atoms with Crippen molar-refractivity contribution in [3.63, 3.8) is 0 Å². The third-order valence-corrected chi connectivity index (χ3v) is 4.30. The zero-order valence-electron chi connectivity index (χ0n) is 15.2. The van der Waals surface area contributed by atoms with Gasteiger partial charge in [-0.05, 0) is 64.0 Å². The highest BCUT2D eigenvalue weighted by Gasteiger charge is 2.09. The van der Waals surface area contributed by atoms with Crippen LogP contribution in [0, 0.1) is 0 Å². The first-order valence-corrected chi connectivity index (χ1v) is 8.83. The summed E-state index contributed by atoms with van der Waals surface area (Å²) >= 11 is 3.24. The van der Waals surface area contributed by atoms with Crippen LogP contribution in [0.1, 0.15) is 15.9 Å². The largest absolute Gasteiger partial charge is 0.503 e. The summed E-state index contributed by atoms with van der Waals surface area (Å²) < 4.78 is 10.9. The van der Waals surface area contributed by atoms with Crippen LogP contribution in [0.25, 0.3) is 6.08 Å². The zero-order chi connectivity index (χ0) is 20.0. The number of phenols is 1. The van der Waals surface area contributed by atoms with E-state index in [-0.39, 0.29) is 24.0 Å². The molecule has 0 aliphatic carbocycles. The van der Waals surface area contributed by atoms with Gasteiger partial charge in [0.05, 0.1) is 11.6 Å². The summed E-state index contributed by atoms with van der Waals surface area (Å²) in [4.78, 5) is 25.3. The van der Waals surface area contributed by atoms with Crippen molar-refractivity contribution in [1.29, 1.82) is 0 Å². The van der Waals surface area contributed by atoms with Crippen LogP contribution in [0.5, 0.6) is 17.2 Å². The molecule has 0 radical (unpaired) electrons. The molecular weight excluding hydrogens is 414 g/mol. The Kier molecular flexibility index (Phi) is 7.01. The highest BCUT2D eigenvalue weighted by Crippen LogP contribution is 2.35. The molecule has 6 nitrogen and oxygen atoms in total. The van der Waals surface area contributed by atoms with E-state index in [4.69, 9.17) is 9.47 Å². The number of carbonyl (C=O) groups is 2. The van der Waals surface area contributed by atoms with E-state index >= 15 is 0 Å². The molecule has 2 aromatic rings. The number of aromatic hydroxyl groups is 1. The molecule has 0 heterocycles. The van der Waals surface area contributed by atoms with Gasteiger partial charge in [-0.2, -0.15) is 0 Å². The number of likely N-dealkylation sites (N-methyl/N-ethyl adjacent to an activating group) is 1. The van der Waals surface area contributed by atoms with Crippen LogP contribution < -0.4 is 9.47 Å². The number of ketones is 1. The molecule has 0 aliphatic rings. The Morgan fingerprint density at radius 2 is 1.85 bits per heavy atom. The predicted molar refractivity (Wildman–Crippen MR) is 106 cm³/mol. The molecule has 0 atom stereocenters. The molecule has 2 rings (SSSR count). The van der Waals surface area contributed by atoms with E-state index in [1.54, 1.807) is 56.6 Å². The van der Waals surface area contributed by atoms with E-state index in [9.17, 15) is 14.7 Å². The van der Waals surface area contributed by atoms with Crippen molar-refractivity contribution in [3.8, 4) is 17.2 Å². The van der Waals surface area contributed by atoms with Crippen LogP contribution in [-0.4, -0.2) is 49.5 Å². The van der Waals surface area contributed by atoms with Gasteiger partial charge in [0.25, 0.3) is 5.91 Å². The fraction of sp³-hybridized carbons (Fsp3) is 0.200. The van der Waals surface area contributed by atoms with Crippen LogP contribution in [0.3, 0.4) is 0 Å². The molecule has 0 saturated heterocycles. The number of ether oxygens (including phenoxy) is 2. The number of halogens is 1. The number of rotatable bonds is 7. The summed E-state index contributed by atoms with van der Waals surface area (Å²) in [5.41, 5.74) is 1.19. The molecule has 1 N–H and O–H groups in total. The van der Waals surface area contributed by atoms with Gasteiger partial charge in [-0.15, -0.1) is 0 Å². The molecule has 0 fully saturated rings. The van der Waals surface area contributed by atoms with Gasteiger partial charge in [0.2, 0.25) is 0 Å². The van der Waals surface area contributed by atoms with Crippen molar-refractivity contribution in [3.05, 3.63) is 58.1 Å². The number of methoxy groups -OCH3 is 1. The number of carbonyl (C=O) groups excluding carboxylic acids is 2. The molecule has 7 heteroatoms. The Labute approximate surface area is 166 Å². The molecule has 0 spiro atoms. The number of benzene rings is 2. The van der Waals surface area contributed by atoms with Crippen molar-refractivity contribution in [2.45, 2.75) is 0 Å². The lowest BCUT2D eigenvalue weighted by Gasteiger charge is -2.11. The predicted octanol–water partition coefficient (Wildman–Crippen LogP) is 3.53. The normalized spacial score (nSPS) is 10.7. The first kappa shape index (κ1) is 20.5. The van der Waals surface area contributed by atoms with Crippen LogP contribution in [0.4, 0.5) is 0 Å². The highest BCUT2D eigenvalue weighted by molar-refractivity contribution is 9.10. The Morgan fingerprint density at radius 3 is 2.44 bits per heavy atom. The second kappa shape index (κ2) is 9.23. The maximum atomic E-state index is 12.3. The van der Waals surface area contributed by atoms with Gasteiger partial charge in [0.1, 0.15) is 5.75 Å². The van der Waals surface area contributed by atoms with Crippen LogP contribution in [0.2, 0.25) is 0 Å². The molecule has 0 bridgehead atoms. The van der Waals surface area contributed by atoms with E-state index < -0.39 is 0 Å². The third-order valence-electron chi connectivity index (χ3n) is 3.70. The van der Waals surface area contributed by atoms with E-state index in [1.807, 2.05) is 0 Å². The third kappa shape index (κ3) is 5.59. The van der Waals surface area contributed by atoms with E-state index in [0.717, 1.165) is 0 Å². The first-order valence-electron chi connectivity index (χ1n) is 8.03. The standard InChI is InChI=1S/C20H20BrNO5/c1-22(2)19(24)12-27-15-7-5-14(6-8-15)17(23)9-4-13-10-16(21)20(25)18(11-13)26-3/h4-11,25H,12H2,1-3H3. The Bertz CT molecular complexity index is 859. The topological polar surface area (TPSA) is 76.1 Å². The molecule has 2 aromatic carbocycles. The Morgan fingerprint density at radius 1 is 1.19 bits per heavy atom. The summed E-state index contributed by atoms with van der Waals surface area (Å²) in [7, 11) is 4.76. The number of allylic oxidation sites excluding steroid dienone is 1. The fourth-order valence-electron chi connectivity index (χ4n) is 2.10. The highest BCUT2D eigenvalue weighted by atomic mass is 79.9. The van der Waals surface area contributed by atoms with Gasteiger partial charge < -0.3 is 19.5 Å². The van der Waals surface area contributed by atoms with Gasteiger partial charge in [-0.3, -0.25) is 9.59 Å². The quantitative estimate of drug-likeness (QED) is 0.533. The van der Waals surface area contributed by atoms with Crippen LogP contribution in [0.15, 0.2) is 46.9 Å². The van der Waals surface area contributed by atoms with E-state index in [2.05, 4.69) is 15.9 Å². The summed E-state index contributed by atoms with van der Waals surface area (Å²) in [6.07, 6.45) is 3.07. The number of hydrogen-bond acceptors (Lipinski definition) is 5. The lowest BCUT2D eigenvalue weighted by molar-refractivity contribution is -0.130. The zero-order valence-corrected chi connectivity index (χ0v) is 16.8. The smallest absolute Gasteiger partial charge is 0.259 e. The number of nitrogens with zero attached hydrogens (tertiary/aromatic N) is 1.